The third-order valence-corrected chi connectivity index (χ3v) is 4.89. The van der Waals surface area contributed by atoms with Gasteiger partial charge in [0.25, 0.3) is 5.91 Å². The molecule has 0 fully saturated rings. The zero-order valence-electron chi connectivity index (χ0n) is 18.0. The van der Waals surface area contributed by atoms with Crippen molar-refractivity contribution in [1.82, 2.24) is 4.72 Å². The Labute approximate surface area is 177 Å². The quantitative estimate of drug-likeness (QED) is 0.508. The molecule has 0 radical (unpaired) electrons. The van der Waals surface area contributed by atoms with E-state index in [1.54, 1.807) is 12.1 Å². The van der Waals surface area contributed by atoms with Gasteiger partial charge in [-0.15, -0.1) is 0 Å². The van der Waals surface area contributed by atoms with Crippen LogP contribution in [0.4, 0.5) is 10.1 Å². The molecule has 1 amide bonds. The molecular formula is C22H27FN2O4S. The van der Waals surface area contributed by atoms with Gasteiger partial charge in [0.15, 0.2) is 5.76 Å². The van der Waals surface area contributed by atoms with Gasteiger partial charge in [-0.1, -0.05) is 12.1 Å². The normalized spacial score (nSPS) is 12.1. The summed E-state index contributed by atoms with van der Waals surface area (Å²) in [5.74, 6) is -1.34. The maximum Gasteiger partial charge on any atom is 0.299 e. The van der Waals surface area contributed by atoms with Gasteiger partial charge < -0.3 is 10.1 Å². The number of ether oxygens (including phenoxy) is 1. The van der Waals surface area contributed by atoms with Crippen LogP contribution < -0.4 is 10.0 Å². The molecule has 0 aliphatic carbocycles. The van der Waals surface area contributed by atoms with E-state index in [1.165, 1.54) is 19.3 Å². The number of halogens is 1. The van der Waals surface area contributed by atoms with Crippen molar-refractivity contribution >= 4 is 27.7 Å². The van der Waals surface area contributed by atoms with E-state index >= 15 is 0 Å². The van der Waals surface area contributed by atoms with E-state index in [4.69, 9.17) is 4.74 Å². The van der Waals surface area contributed by atoms with Crippen LogP contribution in [-0.4, -0.2) is 33.7 Å². The summed E-state index contributed by atoms with van der Waals surface area (Å²) in [6.07, 6.45) is 2.34. The molecule has 0 spiro atoms. The number of hydrogen-bond acceptors (Lipinski definition) is 5. The highest BCUT2D eigenvalue weighted by molar-refractivity contribution is 7.89. The van der Waals surface area contributed by atoms with Gasteiger partial charge in [-0.2, -0.15) is 0 Å². The molecule has 2 N–H and O–H groups in total. The molecule has 6 nitrogen and oxygen atoms in total. The first-order valence-electron chi connectivity index (χ1n) is 9.36. The van der Waals surface area contributed by atoms with Crippen LogP contribution in [0.2, 0.25) is 0 Å². The summed E-state index contributed by atoms with van der Waals surface area (Å²) in [6, 6.07) is 8.86. The summed E-state index contributed by atoms with van der Waals surface area (Å²) < 4.78 is 44.3. The highest BCUT2D eigenvalue weighted by atomic mass is 32.2. The van der Waals surface area contributed by atoms with Crippen LogP contribution in [0.25, 0.3) is 17.2 Å². The van der Waals surface area contributed by atoms with E-state index in [0.29, 0.717) is 16.8 Å². The summed E-state index contributed by atoms with van der Waals surface area (Å²) in [7, 11) is -2.43. The van der Waals surface area contributed by atoms with Crippen LogP contribution in [0.1, 0.15) is 30.5 Å². The van der Waals surface area contributed by atoms with Crippen molar-refractivity contribution < 1.29 is 22.3 Å². The number of aryl methyl sites for hydroxylation is 2. The molecule has 30 heavy (non-hydrogen) atoms. The largest absolute Gasteiger partial charge is 0.491 e. The van der Waals surface area contributed by atoms with E-state index < -0.39 is 15.9 Å². The van der Waals surface area contributed by atoms with E-state index in [-0.39, 0.29) is 17.6 Å². The molecule has 2 aromatic carbocycles. The Hall–Kier alpha value is -2.87. The van der Waals surface area contributed by atoms with Gasteiger partial charge in [-0.25, -0.2) is 17.5 Å². The molecule has 0 unspecified atom stereocenters. The minimum absolute atomic E-state index is 0.147. The van der Waals surface area contributed by atoms with Crippen molar-refractivity contribution in [2.75, 3.05) is 18.7 Å². The number of hydrogen-bond donors (Lipinski definition) is 2. The minimum atomic E-state index is -3.72. The van der Waals surface area contributed by atoms with Crippen molar-refractivity contribution in [2.45, 2.75) is 33.7 Å². The highest BCUT2D eigenvalue weighted by Gasteiger charge is 2.16. The second-order valence-electron chi connectivity index (χ2n) is 7.43. The molecule has 0 bridgehead atoms. The molecule has 0 heterocycles. The van der Waals surface area contributed by atoms with Gasteiger partial charge in [-0.3, -0.25) is 4.79 Å². The lowest BCUT2D eigenvalue weighted by atomic mass is 9.94. The lowest BCUT2D eigenvalue weighted by Crippen LogP contribution is -2.31. The lowest BCUT2D eigenvalue weighted by molar-refractivity contribution is -0.118. The smallest absolute Gasteiger partial charge is 0.299 e. The van der Waals surface area contributed by atoms with Gasteiger partial charge in [0, 0.05) is 17.3 Å². The van der Waals surface area contributed by atoms with Crippen LogP contribution in [0.5, 0.6) is 0 Å². The first-order chi connectivity index (χ1) is 13.9. The van der Waals surface area contributed by atoms with Crippen molar-refractivity contribution in [1.29, 1.82) is 0 Å². The predicted octanol–water partition coefficient (Wildman–Crippen LogP) is 3.99. The number of nitrogens with one attached hydrogen (secondary N) is 2. The molecule has 0 atom stereocenters. The molecule has 2 rings (SSSR count). The average Bonchev–Trinajstić information content (AvgIpc) is 2.60. The van der Waals surface area contributed by atoms with Crippen LogP contribution in [-0.2, 0) is 19.6 Å². The van der Waals surface area contributed by atoms with Crippen molar-refractivity contribution in [3.63, 3.8) is 0 Å². The molecule has 162 valence electrons. The summed E-state index contributed by atoms with van der Waals surface area (Å²) in [5, 5.41) is 3.17. The molecular weight excluding hydrogens is 407 g/mol. The molecule has 8 heteroatoms. The van der Waals surface area contributed by atoms with E-state index in [0.717, 1.165) is 22.9 Å². The average molecular weight is 435 g/mol. The number of methoxy groups -OCH3 is 1. The third-order valence-electron chi connectivity index (χ3n) is 4.34. The second kappa shape index (κ2) is 9.30. The monoisotopic (exact) mass is 434 g/mol. The van der Waals surface area contributed by atoms with Crippen LogP contribution in [0.15, 0.2) is 36.1 Å². The maximum absolute atomic E-state index is 14.7. The Morgan fingerprint density at radius 2 is 1.77 bits per heavy atom. The summed E-state index contributed by atoms with van der Waals surface area (Å²) in [4.78, 5) is 12.1. The number of anilines is 1. The van der Waals surface area contributed by atoms with Gasteiger partial charge >= 0.3 is 0 Å². The minimum Gasteiger partial charge on any atom is -0.491 e. The number of carbonyl (C=O) groups excluding carboxylic acids is 1. The number of sulfonamides is 1. The van der Waals surface area contributed by atoms with Gasteiger partial charge in [-0.05, 0) is 74.2 Å². The summed E-state index contributed by atoms with van der Waals surface area (Å²) in [5.41, 5.74) is 4.16. The zero-order valence-corrected chi connectivity index (χ0v) is 18.8. The fraction of sp³-hybridized carbons (Fsp3) is 0.318. The molecule has 2 aromatic rings. The standard InChI is InChI=1S/C22H27FN2O4S/c1-13(2)24-17-7-8-18(20(23)12-17)19-10-14(3)16(9-15(19)4)11-21(29-5)22(26)25-30(6,27)28/h7-13,24H,1-6H3,(H,25,26)/b21-11-. The zero-order chi connectivity index (χ0) is 22.6. The lowest BCUT2D eigenvalue weighted by Gasteiger charge is -2.15. The van der Waals surface area contributed by atoms with E-state index in [9.17, 15) is 17.6 Å². The number of amides is 1. The van der Waals surface area contributed by atoms with E-state index in [1.807, 2.05) is 44.5 Å². The van der Waals surface area contributed by atoms with Crippen LogP contribution in [0, 0.1) is 19.7 Å². The molecule has 0 aliphatic heterocycles. The Balaban J connectivity index is 2.43. The van der Waals surface area contributed by atoms with Crippen molar-refractivity contribution in [3.8, 4) is 11.1 Å². The molecule has 0 saturated heterocycles. The number of carbonyl (C=O) groups is 1. The Morgan fingerprint density at radius 1 is 1.10 bits per heavy atom. The highest BCUT2D eigenvalue weighted by Crippen LogP contribution is 2.31. The molecule has 0 aromatic heterocycles. The van der Waals surface area contributed by atoms with Crippen LogP contribution >= 0.6 is 0 Å². The Bertz CT molecular complexity index is 1090. The van der Waals surface area contributed by atoms with Gasteiger partial charge in [0.1, 0.15) is 5.82 Å². The second-order valence-corrected chi connectivity index (χ2v) is 9.18. The topological polar surface area (TPSA) is 84.5 Å². The molecule has 0 saturated carbocycles. The summed E-state index contributed by atoms with van der Waals surface area (Å²) >= 11 is 0. The van der Waals surface area contributed by atoms with E-state index in [2.05, 4.69) is 5.32 Å². The molecule has 0 aliphatic rings. The predicted molar refractivity (Wildman–Crippen MR) is 118 cm³/mol. The Kier molecular flexibility index (Phi) is 7.25. The SMILES string of the molecule is CO/C(=C\c1cc(C)c(-c2ccc(NC(C)C)cc2F)cc1C)C(=O)NS(C)(=O)=O. The van der Waals surface area contributed by atoms with Crippen LogP contribution in [0.3, 0.4) is 0 Å². The number of rotatable bonds is 7. The third kappa shape index (κ3) is 6.06. The van der Waals surface area contributed by atoms with Crippen molar-refractivity contribution in [2.24, 2.45) is 0 Å². The number of benzene rings is 2. The van der Waals surface area contributed by atoms with Gasteiger partial charge in [0.2, 0.25) is 10.0 Å². The fourth-order valence-corrected chi connectivity index (χ4v) is 3.46. The fourth-order valence-electron chi connectivity index (χ4n) is 3.02. The van der Waals surface area contributed by atoms with Gasteiger partial charge in [0.05, 0.1) is 13.4 Å². The first kappa shape index (κ1) is 23.4. The maximum atomic E-state index is 14.7. The van der Waals surface area contributed by atoms with Crippen molar-refractivity contribution in [3.05, 3.63) is 58.6 Å². The first-order valence-corrected chi connectivity index (χ1v) is 11.3. The Morgan fingerprint density at radius 3 is 2.30 bits per heavy atom. The summed E-state index contributed by atoms with van der Waals surface area (Å²) in [6.45, 7) is 7.63.